The first-order valence-electron chi connectivity index (χ1n) is 11.5. The van der Waals surface area contributed by atoms with Gasteiger partial charge in [0.05, 0.1) is 0 Å². The van der Waals surface area contributed by atoms with Crippen LogP contribution in [0.1, 0.15) is 90.9 Å². The number of carbonyl (C=O) groups is 2. The number of hydrogen-bond donors (Lipinski definition) is 1. The first-order valence-corrected chi connectivity index (χ1v) is 11.5. The maximum atomic E-state index is 11.7. The monoisotopic (exact) mass is 422 g/mol. The molecule has 0 fully saturated rings. The van der Waals surface area contributed by atoms with Gasteiger partial charge >= 0.3 is 11.9 Å². The van der Waals surface area contributed by atoms with Gasteiger partial charge in [-0.15, -0.1) is 0 Å². The normalized spacial score (nSPS) is 13.4. The van der Waals surface area contributed by atoms with Gasteiger partial charge in [0, 0.05) is 12.5 Å². The van der Waals surface area contributed by atoms with Crippen LogP contribution in [0.2, 0.25) is 0 Å². The van der Waals surface area contributed by atoms with Crippen molar-refractivity contribution in [1.82, 2.24) is 0 Å². The Balaban J connectivity index is 3.53. The minimum atomic E-state index is -1.04. The van der Waals surface area contributed by atoms with Crippen LogP contribution in [-0.4, -0.2) is 35.9 Å². The Bertz CT molecular complexity index is 510. The van der Waals surface area contributed by atoms with Gasteiger partial charge in [-0.2, -0.15) is 0 Å². The van der Waals surface area contributed by atoms with E-state index in [1.54, 1.807) is 6.92 Å². The fourth-order valence-corrected chi connectivity index (χ4v) is 2.78. The fourth-order valence-electron chi connectivity index (χ4n) is 2.78. The Hall–Kier alpha value is -1.88. The summed E-state index contributed by atoms with van der Waals surface area (Å²) in [5.41, 5.74) is 0. The molecule has 0 aliphatic rings. The second-order valence-corrected chi connectivity index (χ2v) is 7.58. The van der Waals surface area contributed by atoms with Gasteiger partial charge < -0.3 is 14.6 Å². The molecule has 0 aliphatic heterocycles. The topological polar surface area (TPSA) is 72.8 Å². The molecule has 0 radical (unpaired) electrons. The number of carbonyl (C=O) groups excluding carboxylic acids is 2. The molecule has 0 spiro atoms. The number of allylic oxidation sites excluding steroid dienone is 4. The molecule has 0 rings (SSSR count). The van der Waals surface area contributed by atoms with Gasteiger partial charge in [0.25, 0.3) is 0 Å². The van der Waals surface area contributed by atoms with E-state index in [4.69, 9.17) is 9.47 Å². The molecule has 30 heavy (non-hydrogen) atoms. The number of rotatable bonds is 19. The molecule has 0 saturated carbocycles. The highest BCUT2D eigenvalue weighted by Crippen LogP contribution is 2.09. The quantitative estimate of drug-likeness (QED) is 0.123. The number of aliphatic hydroxyl groups excluding tert-OH is 1. The molecule has 1 N–H and O–H groups in total. The zero-order chi connectivity index (χ0) is 22.5. The average Bonchev–Trinajstić information content (AvgIpc) is 2.74. The third kappa shape index (κ3) is 18.2. The van der Waals surface area contributed by atoms with E-state index >= 15 is 0 Å². The summed E-state index contributed by atoms with van der Waals surface area (Å²) in [6, 6.07) is 0. The molecule has 172 valence electrons. The number of aliphatic hydroxyl groups is 1. The third-order valence-corrected chi connectivity index (χ3v) is 4.76. The Morgan fingerprint density at radius 1 is 0.933 bits per heavy atom. The summed E-state index contributed by atoms with van der Waals surface area (Å²) in [6.45, 7) is 6.88. The van der Waals surface area contributed by atoms with Gasteiger partial charge in [-0.05, 0) is 45.4 Å². The second-order valence-electron chi connectivity index (χ2n) is 7.58. The first kappa shape index (κ1) is 28.1. The Kier molecular flexibility index (Phi) is 19.1. The Morgan fingerprint density at radius 2 is 1.53 bits per heavy atom. The highest BCUT2D eigenvalue weighted by Gasteiger charge is 2.19. The number of hydrogen-bond acceptors (Lipinski definition) is 5. The Labute approximate surface area is 183 Å². The van der Waals surface area contributed by atoms with Gasteiger partial charge in [-0.25, -0.2) is 4.79 Å². The SMILES string of the molecule is C=CC(=O)OC(C)C(O)COC(=O)CCCCCCC/C=C\C/C=C\CCCCC. The van der Waals surface area contributed by atoms with Gasteiger partial charge in [-0.1, -0.05) is 69.9 Å². The molecule has 0 aromatic carbocycles. The van der Waals surface area contributed by atoms with Crippen LogP contribution in [0.5, 0.6) is 0 Å². The lowest BCUT2D eigenvalue weighted by atomic mass is 10.1. The highest BCUT2D eigenvalue weighted by atomic mass is 16.6. The summed E-state index contributed by atoms with van der Waals surface area (Å²) in [6.07, 6.45) is 21.1. The minimum Gasteiger partial charge on any atom is -0.463 e. The van der Waals surface area contributed by atoms with Crippen LogP contribution in [0, 0.1) is 0 Å². The maximum Gasteiger partial charge on any atom is 0.330 e. The molecule has 0 saturated heterocycles. The van der Waals surface area contributed by atoms with E-state index in [2.05, 4.69) is 37.8 Å². The lowest BCUT2D eigenvalue weighted by Gasteiger charge is -2.18. The fraction of sp³-hybridized carbons (Fsp3) is 0.680. The number of esters is 2. The predicted octanol–water partition coefficient (Wildman–Crippen LogP) is 5.82. The molecular formula is C25H42O5. The van der Waals surface area contributed by atoms with Crippen molar-refractivity contribution in [2.24, 2.45) is 0 Å². The van der Waals surface area contributed by atoms with Crippen molar-refractivity contribution in [2.75, 3.05) is 6.61 Å². The van der Waals surface area contributed by atoms with Crippen LogP contribution in [0.15, 0.2) is 37.0 Å². The largest absolute Gasteiger partial charge is 0.463 e. The summed E-state index contributed by atoms with van der Waals surface area (Å²) >= 11 is 0. The smallest absolute Gasteiger partial charge is 0.330 e. The average molecular weight is 423 g/mol. The molecular weight excluding hydrogens is 380 g/mol. The molecule has 0 bridgehead atoms. The number of unbranched alkanes of at least 4 members (excludes halogenated alkanes) is 8. The molecule has 0 aliphatic carbocycles. The van der Waals surface area contributed by atoms with Gasteiger partial charge in [-0.3, -0.25) is 4.79 Å². The van der Waals surface area contributed by atoms with E-state index in [0.717, 1.165) is 44.6 Å². The van der Waals surface area contributed by atoms with E-state index in [9.17, 15) is 14.7 Å². The van der Waals surface area contributed by atoms with Crippen molar-refractivity contribution < 1.29 is 24.2 Å². The Morgan fingerprint density at radius 3 is 2.17 bits per heavy atom. The standard InChI is InChI=1S/C25H42O5/c1-4-6-7-8-9-10-11-12-13-14-15-16-17-18-19-20-25(28)29-21-23(26)22(3)30-24(27)5-2/h5,9-10,12-13,22-23,26H,2,4,6-8,11,14-21H2,1,3H3/b10-9-,13-12-. The molecule has 5 heteroatoms. The molecule has 0 aromatic rings. The van der Waals surface area contributed by atoms with Crippen molar-refractivity contribution in [3.8, 4) is 0 Å². The molecule has 0 amide bonds. The zero-order valence-corrected chi connectivity index (χ0v) is 19.0. The van der Waals surface area contributed by atoms with Gasteiger partial charge in [0.2, 0.25) is 0 Å². The zero-order valence-electron chi connectivity index (χ0n) is 19.0. The van der Waals surface area contributed by atoms with Crippen molar-refractivity contribution in [2.45, 2.75) is 103 Å². The number of ether oxygens (including phenoxy) is 2. The third-order valence-electron chi connectivity index (χ3n) is 4.76. The van der Waals surface area contributed by atoms with Crippen LogP contribution in [0.3, 0.4) is 0 Å². The predicted molar refractivity (Wildman–Crippen MR) is 122 cm³/mol. The van der Waals surface area contributed by atoms with Crippen molar-refractivity contribution >= 4 is 11.9 Å². The van der Waals surface area contributed by atoms with Crippen molar-refractivity contribution in [3.05, 3.63) is 37.0 Å². The van der Waals surface area contributed by atoms with Gasteiger partial charge in [0.15, 0.2) is 0 Å². The summed E-state index contributed by atoms with van der Waals surface area (Å²) < 4.78 is 9.92. The molecule has 0 heterocycles. The summed E-state index contributed by atoms with van der Waals surface area (Å²) in [7, 11) is 0. The maximum absolute atomic E-state index is 11.7. The van der Waals surface area contributed by atoms with E-state index in [-0.39, 0.29) is 12.6 Å². The van der Waals surface area contributed by atoms with E-state index in [1.165, 1.54) is 32.1 Å². The minimum absolute atomic E-state index is 0.176. The van der Waals surface area contributed by atoms with Crippen LogP contribution in [0.25, 0.3) is 0 Å². The molecule has 2 unspecified atom stereocenters. The van der Waals surface area contributed by atoms with E-state index in [1.807, 2.05) is 0 Å². The first-order chi connectivity index (χ1) is 14.5. The lowest BCUT2D eigenvalue weighted by molar-refractivity contribution is -0.155. The van der Waals surface area contributed by atoms with Crippen LogP contribution >= 0.6 is 0 Å². The molecule has 2 atom stereocenters. The lowest BCUT2D eigenvalue weighted by Crippen LogP contribution is -2.32. The van der Waals surface area contributed by atoms with Crippen LogP contribution in [-0.2, 0) is 19.1 Å². The van der Waals surface area contributed by atoms with Crippen molar-refractivity contribution in [1.29, 1.82) is 0 Å². The van der Waals surface area contributed by atoms with E-state index in [0.29, 0.717) is 6.42 Å². The molecule has 5 nitrogen and oxygen atoms in total. The van der Waals surface area contributed by atoms with Crippen LogP contribution < -0.4 is 0 Å². The van der Waals surface area contributed by atoms with Crippen LogP contribution in [0.4, 0.5) is 0 Å². The second kappa shape index (κ2) is 20.4. The van der Waals surface area contributed by atoms with Crippen molar-refractivity contribution in [3.63, 3.8) is 0 Å². The van der Waals surface area contributed by atoms with E-state index < -0.39 is 18.2 Å². The summed E-state index contributed by atoms with van der Waals surface area (Å²) in [5.74, 6) is -0.944. The van der Waals surface area contributed by atoms with Gasteiger partial charge in [0.1, 0.15) is 18.8 Å². The summed E-state index contributed by atoms with van der Waals surface area (Å²) in [4.78, 5) is 22.8. The molecule has 0 aromatic heterocycles. The highest BCUT2D eigenvalue weighted by molar-refractivity contribution is 5.81. The summed E-state index contributed by atoms with van der Waals surface area (Å²) in [5, 5.41) is 9.82.